The Morgan fingerprint density at radius 2 is 2.08 bits per heavy atom. The summed E-state index contributed by atoms with van der Waals surface area (Å²) in [5, 5.41) is 12.3. The first-order valence-corrected chi connectivity index (χ1v) is 9.31. The Balaban J connectivity index is 1.44. The largest absolute Gasteiger partial charge is 0.361 e. The third-order valence-corrected chi connectivity index (χ3v) is 4.59. The Morgan fingerprint density at radius 3 is 2.85 bits per heavy atom. The van der Waals surface area contributed by atoms with Gasteiger partial charge in [0.05, 0.1) is 0 Å². The molecule has 0 bridgehead atoms. The summed E-state index contributed by atoms with van der Waals surface area (Å²) in [6.07, 6.45) is 8.93. The lowest BCUT2D eigenvalue weighted by Crippen LogP contribution is -2.39. The van der Waals surface area contributed by atoms with Crippen LogP contribution < -0.4 is 10.6 Å². The van der Waals surface area contributed by atoms with Crippen LogP contribution in [0.25, 0.3) is 10.9 Å². The molecule has 3 N–H and O–H groups in total. The Kier molecular flexibility index (Phi) is 6.30. The zero-order valence-corrected chi connectivity index (χ0v) is 15.6. The minimum atomic E-state index is 0.847. The molecule has 0 amide bonds. The molecule has 3 aromatic rings. The molecule has 0 atom stereocenters. The first-order valence-electron chi connectivity index (χ1n) is 9.31. The fourth-order valence-corrected chi connectivity index (χ4v) is 3.19. The van der Waals surface area contributed by atoms with Crippen molar-refractivity contribution < 1.29 is 0 Å². The van der Waals surface area contributed by atoms with E-state index in [-0.39, 0.29) is 0 Å². The van der Waals surface area contributed by atoms with Crippen LogP contribution in [0.3, 0.4) is 0 Å². The molecule has 0 radical (unpaired) electrons. The molecule has 0 saturated carbocycles. The van der Waals surface area contributed by atoms with E-state index in [2.05, 4.69) is 57.0 Å². The van der Waals surface area contributed by atoms with Crippen LogP contribution in [0.5, 0.6) is 0 Å². The lowest BCUT2D eigenvalue weighted by molar-refractivity contribution is 0.570. The number of H-pyrrole nitrogens is 1. The molecule has 138 valence electrons. The molecule has 2 aromatic heterocycles. The second-order valence-electron chi connectivity index (χ2n) is 6.31. The number of hydrogen-bond acceptors (Lipinski definition) is 2. The van der Waals surface area contributed by atoms with Gasteiger partial charge in [-0.25, -0.2) is 0 Å². The van der Waals surface area contributed by atoms with E-state index in [0.717, 1.165) is 44.9 Å². The first-order chi connectivity index (χ1) is 12.8. The monoisotopic (exact) mass is 352 g/mol. The number of aromatic nitrogens is 3. The molecule has 6 heteroatoms. The summed E-state index contributed by atoms with van der Waals surface area (Å²) in [5.74, 6) is 0.847. The zero-order chi connectivity index (χ0) is 18.2. The molecular weight excluding hydrogens is 324 g/mol. The van der Waals surface area contributed by atoms with Gasteiger partial charge in [-0.3, -0.25) is 9.67 Å². The molecule has 0 aliphatic heterocycles. The standard InChI is InChI=1S/C20H28N6/c1-3-16-7-4-8-18-17(15-24-19(16)18)9-12-23-20(21-2)22-10-5-13-26-14-6-11-25-26/h4,6-8,11,14-15,24H,3,5,9-10,12-13H2,1-2H3,(H2,21,22,23). The maximum atomic E-state index is 4.30. The van der Waals surface area contributed by atoms with Crippen molar-refractivity contribution in [1.29, 1.82) is 0 Å². The van der Waals surface area contributed by atoms with E-state index in [4.69, 9.17) is 0 Å². The number of aliphatic imine (C=N–C) groups is 1. The topological polar surface area (TPSA) is 70.0 Å². The van der Waals surface area contributed by atoms with Gasteiger partial charge in [-0.05, 0) is 36.5 Å². The normalized spacial score (nSPS) is 11.8. The number of guanidine groups is 1. The van der Waals surface area contributed by atoms with Gasteiger partial charge in [0.2, 0.25) is 0 Å². The Morgan fingerprint density at radius 1 is 1.19 bits per heavy atom. The van der Waals surface area contributed by atoms with E-state index in [1.807, 2.05) is 30.2 Å². The van der Waals surface area contributed by atoms with Crippen molar-refractivity contribution in [3.8, 4) is 0 Å². The molecule has 6 nitrogen and oxygen atoms in total. The van der Waals surface area contributed by atoms with Crippen molar-refractivity contribution in [1.82, 2.24) is 25.4 Å². The van der Waals surface area contributed by atoms with Crippen LogP contribution in [0.2, 0.25) is 0 Å². The average Bonchev–Trinajstić information content (AvgIpc) is 3.33. The third-order valence-electron chi connectivity index (χ3n) is 4.59. The van der Waals surface area contributed by atoms with Crippen LogP contribution in [-0.4, -0.2) is 40.9 Å². The van der Waals surface area contributed by atoms with E-state index in [0.29, 0.717) is 0 Å². The summed E-state index contributed by atoms with van der Waals surface area (Å²) in [5.41, 5.74) is 3.99. The molecule has 0 aliphatic carbocycles. The number of nitrogens with zero attached hydrogens (tertiary/aromatic N) is 3. The van der Waals surface area contributed by atoms with E-state index >= 15 is 0 Å². The van der Waals surface area contributed by atoms with Crippen molar-refractivity contribution in [3.63, 3.8) is 0 Å². The van der Waals surface area contributed by atoms with Crippen LogP contribution in [0.15, 0.2) is 47.8 Å². The van der Waals surface area contributed by atoms with Gasteiger partial charge < -0.3 is 15.6 Å². The summed E-state index contributed by atoms with van der Waals surface area (Å²) in [6.45, 7) is 4.82. The van der Waals surface area contributed by atoms with Crippen LogP contribution in [0, 0.1) is 0 Å². The van der Waals surface area contributed by atoms with Gasteiger partial charge in [-0.1, -0.05) is 25.1 Å². The molecule has 26 heavy (non-hydrogen) atoms. The van der Waals surface area contributed by atoms with Crippen molar-refractivity contribution in [2.24, 2.45) is 4.99 Å². The highest BCUT2D eigenvalue weighted by molar-refractivity contribution is 5.86. The van der Waals surface area contributed by atoms with Gasteiger partial charge in [0.25, 0.3) is 0 Å². The van der Waals surface area contributed by atoms with Crippen LogP contribution in [0.1, 0.15) is 24.5 Å². The SMILES string of the molecule is CCc1cccc2c(CCNC(=NC)NCCCn3cccn3)c[nH]c12. The molecular formula is C20H28N6. The van der Waals surface area contributed by atoms with E-state index in [1.165, 1.54) is 22.0 Å². The number of nitrogens with one attached hydrogen (secondary N) is 3. The van der Waals surface area contributed by atoms with Crippen molar-refractivity contribution in [2.45, 2.75) is 32.7 Å². The molecule has 2 heterocycles. The number of aryl methyl sites for hydroxylation is 2. The maximum absolute atomic E-state index is 4.30. The van der Waals surface area contributed by atoms with Gasteiger partial charge in [-0.15, -0.1) is 0 Å². The molecule has 0 aliphatic rings. The summed E-state index contributed by atoms with van der Waals surface area (Å²) < 4.78 is 1.94. The Labute approximate surface area is 154 Å². The average molecular weight is 352 g/mol. The number of aromatic amines is 1. The van der Waals surface area contributed by atoms with Gasteiger partial charge in [0, 0.05) is 56.2 Å². The number of rotatable bonds is 8. The van der Waals surface area contributed by atoms with Crippen LogP contribution in [-0.2, 0) is 19.4 Å². The van der Waals surface area contributed by atoms with E-state index in [9.17, 15) is 0 Å². The van der Waals surface area contributed by atoms with Crippen molar-refractivity contribution in [2.75, 3.05) is 20.1 Å². The molecule has 0 saturated heterocycles. The van der Waals surface area contributed by atoms with E-state index in [1.54, 1.807) is 0 Å². The Bertz CT molecular complexity index is 831. The summed E-state index contributed by atoms with van der Waals surface area (Å²) >= 11 is 0. The second kappa shape index (κ2) is 9.08. The van der Waals surface area contributed by atoms with Gasteiger partial charge in [0.1, 0.15) is 0 Å². The highest BCUT2D eigenvalue weighted by Crippen LogP contribution is 2.22. The highest BCUT2D eigenvalue weighted by atomic mass is 15.3. The number of benzene rings is 1. The molecule has 0 spiro atoms. The van der Waals surface area contributed by atoms with Crippen LogP contribution >= 0.6 is 0 Å². The number of fused-ring (bicyclic) bond motifs is 1. The minimum absolute atomic E-state index is 0.847. The van der Waals surface area contributed by atoms with Gasteiger partial charge >= 0.3 is 0 Å². The van der Waals surface area contributed by atoms with Crippen molar-refractivity contribution in [3.05, 3.63) is 54.0 Å². The second-order valence-corrected chi connectivity index (χ2v) is 6.31. The van der Waals surface area contributed by atoms with E-state index < -0.39 is 0 Å². The van der Waals surface area contributed by atoms with Gasteiger partial charge in [0.15, 0.2) is 5.96 Å². The molecule has 1 aromatic carbocycles. The fourth-order valence-electron chi connectivity index (χ4n) is 3.19. The maximum Gasteiger partial charge on any atom is 0.190 e. The quantitative estimate of drug-likeness (QED) is 0.332. The predicted octanol–water partition coefficient (Wildman–Crippen LogP) is 2.72. The third kappa shape index (κ3) is 4.45. The predicted molar refractivity (Wildman–Crippen MR) is 108 cm³/mol. The fraction of sp³-hybridized carbons (Fsp3) is 0.400. The van der Waals surface area contributed by atoms with Crippen molar-refractivity contribution >= 4 is 16.9 Å². The van der Waals surface area contributed by atoms with Gasteiger partial charge in [-0.2, -0.15) is 5.10 Å². The highest BCUT2D eigenvalue weighted by Gasteiger charge is 2.06. The first kappa shape index (κ1) is 18.0. The molecule has 0 unspecified atom stereocenters. The molecule has 3 rings (SSSR count). The lowest BCUT2D eigenvalue weighted by atomic mass is 10.1. The van der Waals surface area contributed by atoms with Crippen LogP contribution in [0.4, 0.5) is 0 Å². The zero-order valence-electron chi connectivity index (χ0n) is 15.6. The Hall–Kier alpha value is -2.76. The molecule has 0 fully saturated rings. The lowest BCUT2D eigenvalue weighted by Gasteiger charge is -2.11. The minimum Gasteiger partial charge on any atom is -0.361 e. The summed E-state index contributed by atoms with van der Waals surface area (Å²) in [4.78, 5) is 7.73. The smallest absolute Gasteiger partial charge is 0.190 e. The summed E-state index contributed by atoms with van der Waals surface area (Å²) in [7, 11) is 1.81. The summed E-state index contributed by atoms with van der Waals surface area (Å²) in [6, 6.07) is 8.48. The number of para-hydroxylation sites is 1. The number of hydrogen-bond donors (Lipinski definition) is 3.